The van der Waals surface area contributed by atoms with Crippen LogP contribution >= 0.6 is 38.9 Å². The van der Waals surface area contributed by atoms with E-state index in [2.05, 4.69) is 26.2 Å². The average Bonchev–Trinajstić information content (AvgIpc) is 2.64. The van der Waals surface area contributed by atoms with Crippen LogP contribution in [0, 0.1) is 0 Å². The molecule has 0 unspecified atom stereocenters. The van der Waals surface area contributed by atoms with E-state index in [1.165, 1.54) is 4.88 Å². The third-order valence-electron chi connectivity index (χ3n) is 1.82. The first-order chi connectivity index (χ1) is 7.24. The zero-order chi connectivity index (χ0) is 10.7. The maximum absolute atomic E-state index is 5.84. The minimum absolute atomic E-state index is 0.778. The maximum atomic E-state index is 5.84. The van der Waals surface area contributed by atoms with Crippen molar-refractivity contribution in [2.75, 3.05) is 5.32 Å². The van der Waals surface area contributed by atoms with Gasteiger partial charge < -0.3 is 5.32 Å². The first kappa shape index (κ1) is 10.9. The first-order valence-electron chi connectivity index (χ1n) is 4.34. The van der Waals surface area contributed by atoms with Crippen molar-refractivity contribution in [2.24, 2.45) is 0 Å². The van der Waals surface area contributed by atoms with Gasteiger partial charge in [0.15, 0.2) is 0 Å². The molecule has 0 spiro atoms. The van der Waals surface area contributed by atoms with Crippen molar-refractivity contribution in [1.29, 1.82) is 0 Å². The van der Waals surface area contributed by atoms with Crippen LogP contribution in [0.2, 0.25) is 4.34 Å². The molecule has 0 fully saturated rings. The van der Waals surface area contributed by atoms with Crippen molar-refractivity contribution < 1.29 is 0 Å². The molecule has 2 nitrogen and oxygen atoms in total. The van der Waals surface area contributed by atoms with E-state index in [9.17, 15) is 0 Å². The van der Waals surface area contributed by atoms with Gasteiger partial charge in [-0.15, -0.1) is 11.3 Å². The van der Waals surface area contributed by atoms with Gasteiger partial charge in [0.2, 0.25) is 0 Å². The fourth-order valence-corrected chi connectivity index (χ4v) is 2.38. The number of halogens is 2. The van der Waals surface area contributed by atoms with Crippen molar-refractivity contribution in [1.82, 2.24) is 4.98 Å². The van der Waals surface area contributed by atoms with Gasteiger partial charge in [0.25, 0.3) is 0 Å². The number of pyridine rings is 1. The lowest BCUT2D eigenvalue weighted by molar-refractivity contribution is 1.16. The Labute approximate surface area is 105 Å². The Morgan fingerprint density at radius 3 is 2.80 bits per heavy atom. The monoisotopic (exact) mass is 302 g/mol. The largest absolute Gasteiger partial charge is 0.379 e. The molecule has 0 atom stereocenters. The maximum Gasteiger partial charge on any atom is 0.106 e. The number of aromatic nitrogens is 1. The number of nitrogens with one attached hydrogen (secondary N) is 1. The van der Waals surface area contributed by atoms with Gasteiger partial charge in [0.1, 0.15) is 4.60 Å². The van der Waals surface area contributed by atoms with Gasteiger partial charge >= 0.3 is 0 Å². The molecule has 0 aliphatic heterocycles. The van der Waals surface area contributed by atoms with Gasteiger partial charge in [-0.1, -0.05) is 11.6 Å². The van der Waals surface area contributed by atoms with Crippen LogP contribution < -0.4 is 5.32 Å². The molecule has 2 rings (SSSR count). The molecule has 2 aromatic heterocycles. The minimum atomic E-state index is 0.778. The van der Waals surface area contributed by atoms with E-state index < -0.39 is 0 Å². The topological polar surface area (TPSA) is 24.9 Å². The molecular weight excluding hydrogens is 296 g/mol. The Morgan fingerprint density at radius 2 is 2.20 bits per heavy atom. The Hall–Kier alpha value is -0.580. The predicted molar refractivity (Wildman–Crippen MR) is 68.6 cm³/mol. The van der Waals surface area contributed by atoms with Crippen LogP contribution in [-0.4, -0.2) is 4.98 Å². The van der Waals surface area contributed by atoms with Crippen LogP contribution in [0.1, 0.15) is 4.88 Å². The number of anilines is 1. The number of hydrogen-bond acceptors (Lipinski definition) is 3. The second-order valence-corrected chi connectivity index (χ2v) is 5.54. The summed E-state index contributed by atoms with van der Waals surface area (Å²) >= 11 is 10.7. The second-order valence-electron chi connectivity index (χ2n) is 2.93. The molecule has 2 aromatic rings. The fourth-order valence-electron chi connectivity index (χ4n) is 1.12. The smallest absolute Gasteiger partial charge is 0.106 e. The summed E-state index contributed by atoms with van der Waals surface area (Å²) in [4.78, 5) is 5.34. The van der Waals surface area contributed by atoms with Gasteiger partial charge in [-0.3, -0.25) is 0 Å². The molecule has 78 valence electrons. The van der Waals surface area contributed by atoms with E-state index in [1.807, 2.05) is 24.3 Å². The van der Waals surface area contributed by atoms with Crippen LogP contribution in [0.4, 0.5) is 5.69 Å². The van der Waals surface area contributed by atoms with E-state index in [-0.39, 0.29) is 0 Å². The molecule has 2 heterocycles. The molecule has 0 aliphatic rings. The Kier molecular flexibility index (Phi) is 3.61. The Balaban J connectivity index is 1.96. The number of rotatable bonds is 3. The minimum Gasteiger partial charge on any atom is -0.379 e. The number of thiophene rings is 1. The van der Waals surface area contributed by atoms with E-state index in [0.29, 0.717) is 0 Å². The van der Waals surface area contributed by atoms with E-state index >= 15 is 0 Å². The third-order valence-corrected chi connectivity index (χ3v) is 3.52. The molecular formula is C10H8BrClN2S. The van der Waals surface area contributed by atoms with Crippen LogP contribution in [0.15, 0.2) is 35.1 Å². The van der Waals surface area contributed by atoms with E-state index in [1.54, 1.807) is 17.5 Å². The zero-order valence-electron chi connectivity index (χ0n) is 7.71. The molecule has 15 heavy (non-hydrogen) atoms. The molecule has 0 aliphatic carbocycles. The van der Waals surface area contributed by atoms with Crippen LogP contribution in [0.3, 0.4) is 0 Å². The van der Waals surface area contributed by atoms with Crippen molar-refractivity contribution in [2.45, 2.75) is 6.54 Å². The van der Waals surface area contributed by atoms with Crippen LogP contribution in [0.25, 0.3) is 0 Å². The number of hydrogen-bond donors (Lipinski definition) is 1. The molecule has 0 saturated carbocycles. The summed E-state index contributed by atoms with van der Waals surface area (Å²) in [6, 6.07) is 7.81. The standard InChI is InChI=1S/C10H8BrClN2S/c11-9-3-1-7(5-14-9)13-6-8-2-4-10(12)15-8/h1-5,13H,6H2. The lowest BCUT2D eigenvalue weighted by atomic mass is 10.4. The van der Waals surface area contributed by atoms with Crippen molar-refractivity contribution in [3.05, 3.63) is 44.3 Å². The summed E-state index contributed by atoms with van der Waals surface area (Å²) in [5.41, 5.74) is 1.00. The molecule has 0 amide bonds. The van der Waals surface area contributed by atoms with Gasteiger partial charge in [-0.2, -0.15) is 0 Å². The average molecular weight is 304 g/mol. The van der Waals surface area contributed by atoms with Crippen LogP contribution in [0.5, 0.6) is 0 Å². The van der Waals surface area contributed by atoms with Gasteiger partial charge in [0.05, 0.1) is 16.2 Å². The molecule has 1 N–H and O–H groups in total. The predicted octanol–water partition coefficient (Wildman–Crippen LogP) is 4.17. The lowest BCUT2D eigenvalue weighted by Crippen LogP contribution is -1.97. The highest BCUT2D eigenvalue weighted by atomic mass is 79.9. The SMILES string of the molecule is Clc1ccc(CNc2ccc(Br)nc2)s1. The summed E-state index contributed by atoms with van der Waals surface area (Å²) in [5.74, 6) is 0. The van der Waals surface area contributed by atoms with E-state index in [0.717, 1.165) is 21.2 Å². The summed E-state index contributed by atoms with van der Waals surface area (Å²) in [7, 11) is 0. The summed E-state index contributed by atoms with van der Waals surface area (Å²) < 4.78 is 1.66. The Bertz CT molecular complexity index is 441. The molecule has 0 saturated heterocycles. The fraction of sp³-hybridized carbons (Fsp3) is 0.100. The van der Waals surface area contributed by atoms with Crippen molar-refractivity contribution in [3.63, 3.8) is 0 Å². The van der Waals surface area contributed by atoms with Gasteiger partial charge in [0, 0.05) is 11.4 Å². The normalized spacial score (nSPS) is 10.3. The third kappa shape index (κ3) is 3.19. The zero-order valence-corrected chi connectivity index (χ0v) is 10.9. The molecule has 5 heteroatoms. The summed E-state index contributed by atoms with van der Waals surface area (Å²) in [6.07, 6.45) is 1.79. The highest BCUT2D eigenvalue weighted by molar-refractivity contribution is 9.10. The van der Waals surface area contributed by atoms with Gasteiger partial charge in [-0.25, -0.2) is 4.98 Å². The Morgan fingerprint density at radius 1 is 1.33 bits per heavy atom. The molecule has 0 bridgehead atoms. The van der Waals surface area contributed by atoms with Gasteiger partial charge in [-0.05, 0) is 40.2 Å². The highest BCUT2D eigenvalue weighted by Gasteiger charge is 1.98. The van der Waals surface area contributed by atoms with Crippen molar-refractivity contribution in [3.8, 4) is 0 Å². The quantitative estimate of drug-likeness (QED) is 0.861. The summed E-state index contributed by atoms with van der Waals surface area (Å²) in [5, 5.41) is 3.27. The summed E-state index contributed by atoms with van der Waals surface area (Å²) in [6.45, 7) is 0.778. The van der Waals surface area contributed by atoms with Crippen molar-refractivity contribution >= 4 is 44.6 Å². The first-order valence-corrected chi connectivity index (χ1v) is 6.32. The highest BCUT2D eigenvalue weighted by Crippen LogP contribution is 2.22. The molecule has 0 radical (unpaired) electrons. The molecule has 0 aromatic carbocycles. The number of nitrogens with zero attached hydrogens (tertiary/aromatic N) is 1. The van der Waals surface area contributed by atoms with E-state index in [4.69, 9.17) is 11.6 Å². The second kappa shape index (κ2) is 4.96. The van der Waals surface area contributed by atoms with Crippen LogP contribution in [-0.2, 0) is 6.54 Å². The lowest BCUT2D eigenvalue weighted by Gasteiger charge is -2.03.